The highest BCUT2D eigenvalue weighted by Crippen LogP contribution is 2.15. The van der Waals surface area contributed by atoms with Crippen LogP contribution in [0.4, 0.5) is 4.39 Å². The summed E-state index contributed by atoms with van der Waals surface area (Å²) in [6, 6.07) is 12.0. The lowest BCUT2D eigenvalue weighted by Gasteiger charge is -2.05. The molecule has 0 unspecified atom stereocenters. The third-order valence-electron chi connectivity index (χ3n) is 2.62. The van der Waals surface area contributed by atoms with Crippen molar-refractivity contribution in [2.75, 3.05) is 0 Å². The van der Waals surface area contributed by atoms with Crippen LogP contribution >= 0.6 is 0 Å². The number of hydrogen-bond donors (Lipinski definition) is 1. The molecule has 22 heavy (non-hydrogen) atoms. The second-order valence-corrected chi connectivity index (χ2v) is 4.36. The van der Waals surface area contributed by atoms with Gasteiger partial charge in [0, 0.05) is 6.92 Å². The maximum atomic E-state index is 13.5. The molecule has 0 aliphatic rings. The lowest BCUT2D eigenvalue weighted by atomic mass is 10.2. The van der Waals surface area contributed by atoms with Gasteiger partial charge in [0.2, 0.25) is 5.91 Å². The van der Waals surface area contributed by atoms with Gasteiger partial charge in [0.15, 0.2) is 0 Å². The number of amides is 1. The molecule has 2 rings (SSSR count). The molecule has 0 aliphatic heterocycles. The van der Waals surface area contributed by atoms with E-state index >= 15 is 0 Å². The van der Waals surface area contributed by atoms with Crippen molar-refractivity contribution in [1.29, 1.82) is 0 Å². The fraction of sp³-hybridized carbons (Fsp3) is 0.0625. The summed E-state index contributed by atoms with van der Waals surface area (Å²) in [6.45, 7) is 1.35. The van der Waals surface area contributed by atoms with Crippen LogP contribution in [0.2, 0.25) is 0 Å². The zero-order chi connectivity index (χ0) is 15.9. The molecule has 0 heterocycles. The Kier molecular flexibility index (Phi) is 4.98. The van der Waals surface area contributed by atoms with Crippen molar-refractivity contribution in [3.05, 3.63) is 65.5 Å². The molecule has 5 nitrogen and oxygen atoms in total. The number of carbonyl (C=O) groups excluding carboxylic acids is 2. The Labute approximate surface area is 126 Å². The number of halogens is 1. The Morgan fingerprint density at radius 3 is 2.45 bits per heavy atom. The lowest BCUT2D eigenvalue weighted by molar-refractivity contribution is -0.118. The number of esters is 1. The monoisotopic (exact) mass is 300 g/mol. The molecule has 2 aromatic rings. The van der Waals surface area contributed by atoms with Gasteiger partial charge >= 0.3 is 5.97 Å². The van der Waals surface area contributed by atoms with E-state index in [0.29, 0.717) is 5.56 Å². The van der Waals surface area contributed by atoms with E-state index in [1.165, 1.54) is 31.3 Å². The highest BCUT2D eigenvalue weighted by atomic mass is 19.1. The summed E-state index contributed by atoms with van der Waals surface area (Å²) < 4.78 is 18.5. The van der Waals surface area contributed by atoms with Gasteiger partial charge in [-0.05, 0) is 42.0 Å². The molecular formula is C16H13FN2O3. The van der Waals surface area contributed by atoms with Gasteiger partial charge in [0.25, 0.3) is 0 Å². The maximum absolute atomic E-state index is 13.5. The minimum atomic E-state index is -0.766. The van der Waals surface area contributed by atoms with E-state index in [1.807, 2.05) is 0 Å². The second kappa shape index (κ2) is 7.12. The molecule has 0 saturated carbocycles. The van der Waals surface area contributed by atoms with Crippen molar-refractivity contribution >= 4 is 18.1 Å². The van der Waals surface area contributed by atoms with E-state index in [4.69, 9.17) is 4.74 Å². The Morgan fingerprint density at radius 2 is 1.82 bits per heavy atom. The molecule has 0 radical (unpaired) electrons. The zero-order valence-corrected chi connectivity index (χ0v) is 11.7. The van der Waals surface area contributed by atoms with E-state index in [-0.39, 0.29) is 17.2 Å². The van der Waals surface area contributed by atoms with E-state index in [2.05, 4.69) is 10.5 Å². The summed E-state index contributed by atoms with van der Waals surface area (Å²) in [5, 5.41) is 3.71. The van der Waals surface area contributed by atoms with Crippen molar-refractivity contribution in [2.45, 2.75) is 6.92 Å². The topological polar surface area (TPSA) is 67.8 Å². The van der Waals surface area contributed by atoms with Gasteiger partial charge in [-0.1, -0.05) is 12.1 Å². The molecule has 0 aromatic heterocycles. The molecule has 112 valence electrons. The molecule has 0 bridgehead atoms. The molecule has 0 fully saturated rings. The standard InChI is InChI=1S/C16H13FN2O3/c1-11(20)19-18-10-12-6-8-13(9-7-12)22-16(21)14-4-2-3-5-15(14)17/h2-10H,1H3,(H,19,20)/b18-10-. The first-order valence-corrected chi connectivity index (χ1v) is 6.42. The van der Waals surface area contributed by atoms with Crippen molar-refractivity contribution in [1.82, 2.24) is 5.43 Å². The minimum Gasteiger partial charge on any atom is -0.423 e. The SMILES string of the molecule is CC(=O)N/N=C\c1ccc(OC(=O)c2ccccc2F)cc1. The van der Waals surface area contributed by atoms with Gasteiger partial charge in [-0.2, -0.15) is 5.10 Å². The molecule has 0 atom stereocenters. The Morgan fingerprint density at radius 1 is 1.14 bits per heavy atom. The van der Waals surface area contributed by atoms with Crippen molar-refractivity contribution < 1.29 is 18.7 Å². The maximum Gasteiger partial charge on any atom is 0.346 e. The smallest absolute Gasteiger partial charge is 0.346 e. The minimum absolute atomic E-state index is 0.126. The quantitative estimate of drug-likeness (QED) is 0.408. The molecule has 0 saturated heterocycles. The molecule has 0 spiro atoms. The second-order valence-electron chi connectivity index (χ2n) is 4.36. The number of hydrazone groups is 1. The van der Waals surface area contributed by atoms with Crippen LogP contribution in [0.3, 0.4) is 0 Å². The third-order valence-corrected chi connectivity index (χ3v) is 2.62. The predicted octanol–water partition coefficient (Wildman–Crippen LogP) is 2.51. The summed E-state index contributed by atoms with van der Waals surface area (Å²) in [7, 11) is 0. The van der Waals surface area contributed by atoms with Gasteiger partial charge in [0.1, 0.15) is 11.6 Å². The number of carbonyl (C=O) groups is 2. The van der Waals surface area contributed by atoms with Crippen LogP contribution in [0.15, 0.2) is 53.6 Å². The van der Waals surface area contributed by atoms with Crippen LogP contribution in [0.1, 0.15) is 22.8 Å². The summed E-state index contributed by atoms with van der Waals surface area (Å²) >= 11 is 0. The normalized spacial score (nSPS) is 10.5. The first kappa shape index (κ1) is 15.4. The molecular weight excluding hydrogens is 287 g/mol. The Balaban J connectivity index is 2.02. The van der Waals surface area contributed by atoms with Gasteiger partial charge < -0.3 is 4.74 Å². The van der Waals surface area contributed by atoms with E-state index in [9.17, 15) is 14.0 Å². The number of hydrogen-bond acceptors (Lipinski definition) is 4. The van der Waals surface area contributed by atoms with Gasteiger partial charge in [-0.25, -0.2) is 14.6 Å². The first-order valence-electron chi connectivity index (χ1n) is 6.42. The van der Waals surface area contributed by atoms with Crippen molar-refractivity contribution in [3.8, 4) is 5.75 Å². The first-order chi connectivity index (χ1) is 10.6. The summed E-state index contributed by atoms with van der Waals surface area (Å²) in [5.74, 6) is -1.39. The largest absolute Gasteiger partial charge is 0.423 e. The average molecular weight is 300 g/mol. The molecule has 0 aliphatic carbocycles. The van der Waals surface area contributed by atoms with Crippen LogP contribution in [-0.2, 0) is 4.79 Å². The van der Waals surface area contributed by atoms with Crippen molar-refractivity contribution in [3.63, 3.8) is 0 Å². The fourth-order valence-electron chi connectivity index (χ4n) is 1.61. The van der Waals surface area contributed by atoms with Crippen LogP contribution in [-0.4, -0.2) is 18.1 Å². The number of benzene rings is 2. The van der Waals surface area contributed by atoms with Crippen LogP contribution in [0, 0.1) is 5.82 Å². The Bertz CT molecular complexity index is 712. The predicted molar refractivity (Wildman–Crippen MR) is 79.2 cm³/mol. The Hall–Kier alpha value is -3.02. The zero-order valence-electron chi connectivity index (χ0n) is 11.7. The van der Waals surface area contributed by atoms with Gasteiger partial charge in [-0.3, -0.25) is 4.79 Å². The molecule has 2 aromatic carbocycles. The van der Waals surface area contributed by atoms with Crippen LogP contribution in [0.5, 0.6) is 5.75 Å². The van der Waals surface area contributed by atoms with Crippen LogP contribution < -0.4 is 10.2 Å². The average Bonchev–Trinajstić information content (AvgIpc) is 2.49. The number of nitrogens with zero attached hydrogens (tertiary/aromatic N) is 1. The number of nitrogens with one attached hydrogen (secondary N) is 1. The van der Waals surface area contributed by atoms with E-state index < -0.39 is 11.8 Å². The lowest BCUT2D eigenvalue weighted by Crippen LogP contribution is -2.12. The molecule has 1 amide bonds. The molecule has 1 N–H and O–H groups in total. The highest BCUT2D eigenvalue weighted by molar-refractivity contribution is 5.91. The van der Waals surface area contributed by atoms with Gasteiger partial charge in [-0.15, -0.1) is 0 Å². The number of rotatable bonds is 4. The fourth-order valence-corrected chi connectivity index (χ4v) is 1.61. The third kappa shape index (κ3) is 4.24. The summed E-state index contributed by atoms with van der Waals surface area (Å²) in [5.41, 5.74) is 2.85. The van der Waals surface area contributed by atoms with Gasteiger partial charge in [0.05, 0.1) is 11.8 Å². The van der Waals surface area contributed by atoms with E-state index in [0.717, 1.165) is 0 Å². The van der Waals surface area contributed by atoms with E-state index in [1.54, 1.807) is 30.3 Å². The van der Waals surface area contributed by atoms with Crippen LogP contribution in [0.25, 0.3) is 0 Å². The number of ether oxygens (including phenoxy) is 1. The summed E-state index contributed by atoms with van der Waals surface area (Å²) in [4.78, 5) is 22.5. The van der Waals surface area contributed by atoms with Crippen molar-refractivity contribution in [2.24, 2.45) is 5.10 Å². The summed E-state index contributed by atoms with van der Waals surface area (Å²) in [6.07, 6.45) is 1.45. The molecule has 6 heteroatoms. The highest BCUT2D eigenvalue weighted by Gasteiger charge is 2.12.